The Morgan fingerprint density at radius 2 is 2.10 bits per heavy atom. The van der Waals surface area contributed by atoms with E-state index in [1.807, 2.05) is 7.11 Å². The zero-order valence-electron chi connectivity index (χ0n) is 11.9. The first-order valence-electron chi connectivity index (χ1n) is 7.02. The molecular weight excluding hydrogens is 288 g/mol. The molecule has 1 saturated carbocycles. The molecule has 20 heavy (non-hydrogen) atoms. The van der Waals surface area contributed by atoms with Crippen LogP contribution in [0.1, 0.15) is 25.7 Å². The average molecular weight is 308 g/mol. The molecule has 0 amide bonds. The average Bonchev–Trinajstić information content (AvgIpc) is 2.90. The maximum Gasteiger partial charge on any atom is 0.150 e. The highest BCUT2D eigenvalue weighted by molar-refractivity contribution is 8.00. The molecule has 1 aliphatic carbocycles. The number of ether oxygens (including phenoxy) is 1. The summed E-state index contributed by atoms with van der Waals surface area (Å²) in [5, 5.41) is 3.66. The minimum absolute atomic E-state index is 0.459. The van der Waals surface area contributed by atoms with Gasteiger partial charge in [0, 0.05) is 18.8 Å². The number of aromatic nitrogens is 1. The number of thiazole rings is 1. The van der Waals surface area contributed by atoms with Crippen molar-refractivity contribution in [3.63, 3.8) is 0 Å². The van der Waals surface area contributed by atoms with E-state index >= 15 is 0 Å². The van der Waals surface area contributed by atoms with Crippen molar-refractivity contribution in [2.24, 2.45) is 0 Å². The van der Waals surface area contributed by atoms with Crippen molar-refractivity contribution in [2.45, 2.75) is 42.2 Å². The first-order chi connectivity index (χ1) is 9.78. The van der Waals surface area contributed by atoms with Crippen molar-refractivity contribution < 1.29 is 4.74 Å². The monoisotopic (exact) mass is 308 g/mol. The number of anilines is 1. The van der Waals surface area contributed by atoms with Gasteiger partial charge in [0.05, 0.1) is 16.3 Å². The topological polar surface area (TPSA) is 34.1 Å². The lowest BCUT2D eigenvalue weighted by Gasteiger charge is -2.28. The molecule has 0 spiro atoms. The molecule has 1 aliphatic rings. The van der Waals surface area contributed by atoms with Crippen LogP contribution in [-0.4, -0.2) is 30.5 Å². The third-order valence-corrected chi connectivity index (χ3v) is 5.93. The van der Waals surface area contributed by atoms with Crippen molar-refractivity contribution in [3.8, 4) is 0 Å². The maximum absolute atomic E-state index is 5.43. The van der Waals surface area contributed by atoms with Gasteiger partial charge in [0.1, 0.15) is 0 Å². The Morgan fingerprint density at radius 1 is 1.30 bits per heavy atom. The molecule has 108 valence electrons. The number of thioether (sulfide) groups is 1. The van der Waals surface area contributed by atoms with E-state index in [2.05, 4.69) is 34.8 Å². The van der Waals surface area contributed by atoms with Crippen LogP contribution in [0.4, 0.5) is 5.69 Å². The van der Waals surface area contributed by atoms with E-state index in [1.54, 1.807) is 23.1 Å². The van der Waals surface area contributed by atoms with E-state index in [0.717, 1.165) is 22.7 Å². The van der Waals surface area contributed by atoms with Gasteiger partial charge in [-0.25, -0.2) is 4.98 Å². The lowest BCUT2D eigenvalue weighted by molar-refractivity contribution is 0.0682. The van der Waals surface area contributed by atoms with E-state index in [1.165, 1.54) is 23.2 Å². The van der Waals surface area contributed by atoms with Gasteiger partial charge in [-0.05, 0) is 50.1 Å². The summed E-state index contributed by atoms with van der Waals surface area (Å²) in [7, 11) is 1.82. The summed E-state index contributed by atoms with van der Waals surface area (Å²) >= 11 is 3.48. The summed E-state index contributed by atoms with van der Waals surface area (Å²) in [5.41, 5.74) is 2.32. The summed E-state index contributed by atoms with van der Waals surface area (Å²) in [6.07, 6.45) is 7.23. The predicted octanol–water partition coefficient (Wildman–Crippen LogP) is 4.39. The normalized spacial score (nSPS) is 23.1. The summed E-state index contributed by atoms with van der Waals surface area (Å²) < 4.78 is 7.83. The number of hydrogen-bond donors (Lipinski definition) is 1. The molecule has 3 rings (SSSR count). The highest BCUT2D eigenvalue weighted by Crippen LogP contribution is 2.31. The second-order valence-electron chi connectivity index (χ2n) is 5.22. The Morgan fingerprint density at radius 3 is 2.80 bits per heavy atom. The van der Waals surface area contributed by atoms with Crippen molar-refractivity contribution in [1.29, 1.82) is 0 Å². The molecule has 2 aromatic rings. The summed E-state index contributed by atoms with van der Waals surface area (Å²) in [6.45, 7) is 0. The summed E-state index contributed by atoms with van der Waals surface area (Å²) in [4.78, 5) is 4.58. The smallest absolute Gasteiger partial charge is 0.150 e. The predicted molar refractivity (Wildman–Crippen MR) is 88.1 cm³/mol. The van der Waals surface area contributed by atoms with Gasteiger partial charge in [-0.2, -0.15) is 0 Å². The van der Waals surface area contributed by atoms with Crippen molar-refractivity contribution >= 4 is 39.0 Å². The molecule has 0 aliphatic heterocycles. The van der Waals surface area contributed by atoms with Crippen molar-refractivity contribution in [3.05, 3.63) is 18.2 Å². The molecule has 0 radical (unpaired) electrons. The van der Waals surface area contributed by atoms with Crippen LogP contribution in [0.2, 0.25) is 0 Å². The van der Waals surface area contributed by atoms with Crippen LogP contribution in [0.15, 0.2) is 22.5 Å². The van der Waals surface area contributed by atoms with Gasteiger partial charge in [0.2, 0.25) is 0 Å². The Hall–Kier alpha value is -0.780. The third kappa shape index (κ3) is 3.10. The Balaban J connectivity index is 1.68. The quantitative estimate of drug-likeness (QED) is 0.850. The Labute approximate surface area is 128 Å². The number of hydrogen-bond acceptors (Lipinski definition) is 5. The number of benzene rings is 1. The van der Waals surface area contributed by atoms with Gasteiger partial charge >= 0.3 is 0 Å². The molecule has 0 atom stereocenters. The molecule has 5 heteroatoms. The fourth-order valence-corrected chi connectivity index (χ4v) is 4.29. The highest BCUT2D eigenvalue weighted by atomic mass is 32.2. The largest absolute Gasteiger partial charge is 0.382 e. The molecule has 0 saturated heterocycles. The van der Waals surface area contributed by atoms with E-state index in [9.17, 15) is 0 Å². The second kappa shape index (κ2) is 6.33. The molecule has 1 aromatic carbocycles. The number of fused-ring (bicyclic) bond motifs is 1. The minimum atomic E-state index is 0.459. The SMILES string of the molecule is COC1CCC(Nc2ccc3nc(SC)sc3c2)CC1. The molecule has 3 nitrogen and oxygen atoms in total. The molecule has 0 bridgehead atoms. The van der Waals surface area contributed by atoms with Crippen LogP contribution in [0, 0.1) is 0 Å². The Bertz CT molecular complexity index is 576. The van der Waals surface area contributed by atoms with Gasteiger partial charge in [-0.3, -0.25) is 0 Å². The first kappa shape index (κ1) is 14.2. The zero-order valence-corrected chi connectivity index (χ0v) is 13.5. The van der Waals surface area contributed by atoms with Crippen molar-refractivity contribution in [1.82, 2.24) is 4.98 Å². The van der Waals surface area contributed by atoms with Crippen LogP contribution in [0.25, 0.3) is 10.2 Å². The van der Waals surface area contributed by atoms with Gasteiger partial charge in [0.25, 0.3) is 0 Å². The van der Waals surface area contributed by atoms with Crippen LogP contribution >= 0.6 is 23.1 Å². The van der Waals surface area contributed by atoms with E-state index in [0.29, 0.717) is 12.1 Å². The Kier molecular flexibility index (Phi) is 4.48. The maximum atomic E-state index is 5.43. The van der Waals surface area contributed by atoms with E-state index in [4.69, 9.17) is 4.74 Å². The molecule has 1 fully saturated rings. The minimum Gasteiger partial charge on any atom is -0.382 e. The molecule has 1 heterocycles. The summed E-state index contributed by atoms with van der Waals surface area (Å²) in [5.74, 6) is 0. The van der Waals surface area contributed by atoms with Crippen LogP contribution in [-0.2, 0) is 4.74 Å². The van der Waals surface area contributed by atoms with Gasteiger partial charge in [-0.1, -0.05) is 11.8 Å². The lowest BCUT2D eigenvalue weighted by atomic mass is 9.93. The fourth-order valence-electron chi connectivity index (χ4n) is 2.76. The van der Waals surface area contributed by atoms with Crippen molar-refractivity contribution in [2.75, 3.05) is 18.7 Å². The first-order valence-corrected chi connectivity index (χ1v) is 9.06. The second-order valence-corrected chi connectivity index (χ2v) is 7.30. The lowest BCUT2D eigenvalue weighted by Crippen LogP contribution is -2.29. The summed E-state index contributed by atoms with van der Waals surface area (Å²) in [6, 6.07) is 7.07. The van der Waals surface area contributed by atoms with Gasteiger partial charge in [-0.15, -0.1) is 11.3 Å². The third-order valence-electron chi connectivity index (χ3n) is 3.92. The van der Waals surface area contributed by atoms with Crippen LogP contribution < -0.4 is 5.32 Å². The molecular formula is C15H20N2OS2. The molecule has 1 N–H and O–H groups in total. The number of nitrogens with one attached hydrogen (secondary N) is 1. The standard InChI is InChI=1S/C15H20N2OS2/c1-18-12-6-3-10(4-7-12)16-11-5-8-13-14(9-11)20-15(17-13)19-2/h5,8-10,12,16H,3-4,6-7H2,1-2H3. The van der Waals surface area contributed by atoms with E-state index in [-0.39, 0.29) is 0 Å². The number of methoxy groups -OCH3 is 1. The van der Waals surface area contributed by atoms with Crippen LogP contribution in [0.3, 0.4) is 0 Å². The number of rotatable bonds is 4. The van der Waals surface area contributed by atoms with Gasteiger partial charge < -0.3 is 10.1 Å². The molecule has 0 unspecified atom stereocenters. The van der Waals surface area contributed by atoms with E-state index < -0.39 is 0 Å². The fraction of sp³-hybridized carbons (Fsp3) is 0.533. The van der Waals surface area contributed by atoms with Crippen LogP contribution in [0.5, 0.6) is 0 Å². The highest BCUT2D eigenvalue weighted by Gasteiger charge is 2.20. The number of nitrogens with zero attached hydrogens (tertiary/aromatic N) is 1. The molecule has 1 aromatic heterocycles. The van der Waals surface area contributed by atoms with Gasteiger partial charge in [0.15, 0.2) is 4.34 Å². The zero-order chi connectivity index (χ0) is 13.9.